The van der Waals surface area contributed by atoms with Gasteiger partial charge in [0.1, 0.15) is 5.75 Å². The number of aliphatic hydroxyl groups is 1. The van der Waals surface area contributed by atoms with E-state index in [0.29, 0.717) is 5.75 Å². The van der Waals surface area contributed by atoms with Crippen LogP contribution in [0.25, 0.3) is 0 Å². The number of aryl methyl sites for hydroxylation is 1. The first-order chi connectivity index (χ1) is 14.1. The normalized spacial score (nSPS) is 18.8. The van der Waals surface area contributed by atoms with Gasteiger partial charge in [-0.05, 0) is 49.9 Å². The number of hydrogen-bond donors (Lipinski definition) is 2. The molecular formula is C25H25BrN2OS. The second kappa shape index (κ2) is 9.65. The van der Waals surface area contributed by atoms with E-state index in [9.17, 15) is 5.11 Å². The summed E-state index contributed by atoms with van der Waals surface area (Å²) >= 11 is 1.66. The molecule has 0 spiro atoms. The average molecular weight is 481 g/mol. The summed E-state index contributed by atoms with van der Waals surface area (Å²) in [5, 5.41) is 16.2. The van der Waals surface area contributed by atoms with Crippen molar-refractivity contribution in [3.05, 3.63) is 108 Å². The minimum absolute atomic E-state index is 0. The number of halogens is 1. The van der Waals surface area contributed by atoms with Crippen LogP contribution in [0.15, 0.2) is 96.7 Å². The zero-order valence-electron chi connectivity index (χ0n) is 17.0. The summed E-state index contributed by atoms with van der Waals surface area (Å²) in [7, 11) is 0. The predicted octanol–water partition coefficient (Wildman–Crippen LogP) is 2.65. The third-order valence-corrected chi connectivity index (χ3v) is 6.14. The number of anilines is 1. The average Bonchev–Trinajstić information content (AvgIpc) is 3.08. The van der Waals surface area contributed by atoms with Crippen LogP contribution in [0.3, 0.4) is 0 Å². The lowest BCUT2D eigenvalue weighted by Gasteiger charge is -2.20. The van der Waals surface area contributed by atoms with Crippen LogP contribution in [0, 0.1) is 6.92 Å². The van der Waals surface area contributed by atoms with Gasteiger partial charge in [-0.1, -0.05) is 54.1 Å². The maximum Gasteiger partial charge on any atom is 0.307 e. The Morgan fingerprint density at radius 3 is 2.20 bits per heavy atom. The molecule has 154 valence electrons. The van der Waals surface area contributed by atoms with E-state index in [0.717, 1.165) is 27.7 Å². The van der Waals surface area contributed by atoms with Gasteiger partial charge in [-0.25, -0.2) is 0 Å². The molecule has 3 nitrogen and oxygen atoms in total. The van der Waals surface area contributed by atoms with Gasteiger partial charge >= 0.3 is 5.72 Å². The number of rotatable bonds is 5. The molecule has 0 fully saturated rings. The van der Waals surface area contributed by atoms with Crippen molar-refractivity contribution in [3.8, 4) is 0 Å². The fraction of sp³-hybridized carbons (Fsp3) is 0.160. The van der Waals surface area contributed by atoms with Crippen LogP contribution in [0.2, 0.25) is 0 Å². The second-order valence-corrected chi connectivity index (χ2v) is 8.29. The van der Waals surface area contributed by atoms with Crippen molar-refractivity contribution in [2.45, 2.75) is 19.6 Å². The van der Waals surface area contributed by atoms with Crippen molar-refractivity contribution in [2.75, 3.05) is 11.1 Å². The van der Waals surface area contributed by atoms with E-state index in [1.54, 1.807) is 11.8 Å². The lowest BCUT2D eigenvalue weighted by atomic mass is 10.0. The van der Waals surface area contributed by atoms with E-state index in [4.69, 9.17) is 0 Å². The molecule has 1 atom stereocenters. The fourth-order valence-electron chi connectivity index (χ4n) is 3.51. The van der Waals surface area contributed by atoms with Crippen molar-refractivity contribution < 1.29 is 26.7 Å². The van der Waals surface area contributed by atoms with Gasteiger partial charge in [0.15, 0.2) is 0 Å². The Hall–Kier alpha value is -2.34. The van der Waals surface area contributed by atoms with Gasteiger partial charge in [0.05, 0.1) is 5.56 Å². The van der Waals surface area contributed by atoms with E-state index in [1.165, 1.54) is 5.56 Å². The fourth-order valence-corrected chi connectivity index (χ4v) is 4.80. The van der Waals surface area contributed by atoms with E-state index in [-0.39, 0.29) is 17.0 Å². The maximum atomic E-state index is 11.7. The SMILES string of the molecule is C/C(=C\C1=[N+](c2ccccc2)C(O)(c2ccccc2)CS1)Nc1ccc(C)cc1.[Br-]. The van der Waals surface area contributed by atoms with Crippen LogP contribution in [-0.4, -0.2) is 20.5 Å². The Morgan fingerprint density at radius 1 is 0.967 bits per heavy atom. The van der Waals surface area contributed by atoms with Crippen molar-refractivity contribution >= 4 is 28.2 Å². The van der Waals surface area contributed by atoms with Crippen LogP contribution in [0.5, 0.6) is 0 Å². The topological polar surface area (TPSA) is 35.3 Å². The third kappa shape index (κ3) is 4.69. The lowest BCUT2D eigenvalue weighted by Crippen LogP contribution is -3.00. The first kappa shape index (κ1) is 22.3. The molecule has 3 aromatic carbocycles. The van der Waals surface area contributed by atoms with Crippen LogP contribution in [0.1, 0.15) is 18.1 Å². The van der Waals surface area contributed by atoms with Crippen molar-refractivity contribution in [3.63, 3.8) is 0 Å². The molecule has 1 aliphatic heterocycles. The molecule has 0 aromatic heterocycles. The van der Waals surface area contributed by atoms with Crippen LogP contribution < -0.4 is 22.3 Å². The van der Waals surface area contributed by atoms with Gasteiger partial charge in [-0.3, -0.25) is 0 Å². The quantitative estimate of drug-likeness (QED) is 0.551. The molecule has 5 heteroatoms. The summed E-state index contributed by atoms with van der Waals surface area (Å²) in [4.78, 5) is 0. The first-order valence-electron chi connectivity index (χ1n) is 9.71. The van der Waals surface area contributed by atoms with Crippen molar-refractivity contribution in [2.24, 2.45) is 0 Å². The first-order valence-corrected chi connectivity index (χ1v) is 10.7. The van der Waals surface area contributed by atoms with Gasteiger partial charge in [0.25, 0.3) is 0 Å². The number of nitrogens with one attached hydrogen (secondary N) is 1. The Morgan fingerprint density at radius 2 is 1.57 bits per heavy atom. The summed E-state index contributed by atoms with van der Waals surface area (Å²) in [6, 6.07) is 28.3. The van der Waals surface area contributed by atoms with Gasteiger partial charge in [0, 0.05) is 29.6 Å². The Bertz CT molecular complexity index is 1050. The van der Waals surface area contributed by atoms with E-state index >= 15 is 0 Å². The molecule has 2 N–H and O–H groups in total. The standard InChI is InChI=1S/C25H24N2OS.BrH/c1-19-13-15-22(16-14-19)26-20(2)17-24-27(23-11-7-4-8-12-23)25(28,18-29-24)21-9-5-3-6-10-21;/h3-17,28H,18H2,1-2H3;1H. The van der Waals surface area contributed by atoms with Gasteiger partial charge in [0.2, 0.25) is 10.7 Å². The molecule has 0 bridgehead atoms. The highest BCUT2D eigenvalue weighted by atomic mass is 79.9. The number of hydrogen-bond acceptors (Lipinski definition) is 3. The molecule has 0 aliphatic carbocycles. The molecule has 0 radical (unpaired) electrons. The van der Waals surface area contributed by atoms with E-state index in [2.05, 4.69) is 49.5 Å². The molecule has 1 aliphatic rings. The molecule has 4 rings (SSSR count). The summed E-state index contributed by atoms with van der Waals surface area (Å²) in [6.45, 7) is 4.14. The lowest BCUT2D eigenvalue weighted by molar-refractivity contribution is -0.592. The van der Waals surface area contributed by atoms with Crippen LogP contribution in [0.4, 0.5) is 11.4 Å². The minimum Gasteiger partial charge on any atom is -1.00 e. The molecule has 1 unspecified atom stereocenters. The summed E-state index contributed by atoms with van der Waals surface area (Å²) in [5.41, 5.74) is 4.08. The van der Waals surface area contributed by atoms with Gasteiger partial charge in [-0.15, -0.1) is 0 Å². The largest absolute Gasteiger partial charge is 1.00 e. The number of nitrogens with zero attached hydrogens (tertiary/aromatic N) is 1. The molecule has 0 saturated heterocycles. The van der Waals surface area contributed by atoms with Crippen molar-refractivity contribution in [1.82, 2.24) is 0 Å². The monoisotopic (exact) mass is 480 g/mol. The number of allylic oxidation sites excluding steroid dienone is 1. The molecule has 3 aromatic rings. The molecule has 1 heterocycles. The van der Waals surface area contributed by atoms with Crippen LogP contribution >= 0.6 is 11.8 Å². The third-order valence-electron chi connectivity index (χ3n) is 5.00. The number of benzene rings is 3. The summed E-state index contributed by atoms with van der Waals surface area (Å²) in [5.74, 6) is 0.565. The Labute approximate surface area is 192 Å². The van der Waals surface area contributed by atoms with Crippen LogP contribution in [-0.2, 0) is 5.72 Å². The molecule has 0 saturated carbocycles. The highest BCUT2D eigenvalue weighted by Crippen LogP contribution is 2.39. The maximum absolute atomic E-state index is 11.7. The molecule has 0 amide bonds. The second-order valence-electron chi connectivity index (χ2n) is 7.30. The van der Waals surface area contributed by atoms with E-state index in [1.807, 2.05) is 65.2 Å². The highest BCUT2D eigenvalue weighted by molar-refractivity contribution is 8.14. The minimum atomic E-state index is -1.09. The summed E-state index contributed by atoms with van der Waals surface area (Å²) < 4.78 is 2.04. The van der Waals surface area contributed by atoms with Crippen molar-refractivity contribution in [1.29, 1.82) is 0 Å². The molecule has 30 heavy (non-hydrogen) atoms. The Kier molecular flexibility index (Phi) is 7.19. The zero-order chi connectivity index (χ0) is 20.3. The predicted molar refractivity (Wildman–Crippen MR) is 123 cm³/mol. The molecular weight excluding hydrogens is 456 g/mol. The van der Waals surface area contributed by atoms with Gasteiger partial charge < -0.3 is 27.4 Å². The van der Waals surface area contributed by atoms with Gasteiger partial charge in [-0.2, -0.15) is 4.58 Å². The summed E-state index contributed by atoms with van der Waals surface area (Å²) in [6.07, 6.45) is 2.11. The smallest absolute Gasteiger partial charge is 0.307 e. The Balaban J connectivity index is 0.00000256. The highest BCUT2D eigenvalue weighted by Gasteiger charge is 2.50. The number of para-hydroxylation sites is 1. The zero-order valence-corrected chi connectivity index (χ0v) is 19.5. The number of thioether (sulfide) groups is 1. The van der Waals surface area contributed by atoms with E-state index < -0.39 is 5.72 Å².